The lowest BCUT2D eigenvalue weighted by Crippen LogP contribution is -2.44. The average Bonchev–Trinajstić information content (AvgIpc) is 2.53. The predicted molar refractivity (Wildman–Crippen MR) is 109 cm³/mol. The maximum atomic E-state index is 12.0. The first kappa shape index (κ1) is 22.6. The minimum absolute atomic E-state index is 0. The standard InChI is InChI=1S/C17H28N4O2.HI/c1-13(12-23-5)20-17(18-2)19-10-9-14-7-6-8-15(11-14)16(22)21(3)4;/h6-8,11,13H,9-10,12H2,1-5H3,(H2,18,19,20);1H. The Bertz CT molecular complexity index is 535. The second kappa shape index (κ2) is 12.1. The number of hydrogen-bond donors (Lipinski definition) is 2. The lowest BCUT2D eigenvalue weighted by Gasteiger charge is -2.17. The van der Waals surface area contributed by atoms with E-state index in [-0.39, 0.29) is 35.9 Å². The smallest absolute Gasteiger partial charge is 0.253 e. The molecule has 0 aliphatic heterocycles. The number of hydrogen-bond acceptors (Lipinski definition) is 3. The molecule has 0 aliphatic rings. The summed E-state index contributed by atoms with van der Waals surface area (Å²) in [6, 6.07) is 7.91. The molecular weight excluding hydrogens is 419 g/mol. The molecule has 0 aliphatic carbocycles. The largest absolute Gasteiger partial charge is 0.383 e. The molecule has 0 fully saturated rings. The first-order chi connectivity index (χ1) is 11.0. The van der Waals surface area contributed by atoms with Crippen LogP contribution in [0.2, 0.25) is 0 Å². The van der Waals surface area contributed by atoms with Gasteiger partial charge >= 0.3 is 0 Å². The molecule has 2 N–H and O–H groups in total. The van der Waals surface area contributed by atoms with Crippen LogP contribution in [0.5, 0.6) is 0 Å². The quantitative estimate of drug-likeness (QED) is 0.379. The van der Waals surface area contributed by atoms with Crippen LogP contribution in [0, 0.1) is 0 Å². The van der Waals surface area contributed by atoms with Crippen molar-refractivity contribution in [2.45, 2.75) is 19.4 Å². The molecule has 0 radical (unpaired) electrons. The highest BCUT2D eigenvalue weighted by Crippen LogP contribution is 2.07. The summed E-state index contributed by atoms with van der Waals surface area (Å²) < 4.78 is 5.10. The first-order valence-electron chi connectivity index (χ1n) is 7.74. The van der Waals surface area contributed by atoms with Gasteiger partial charge in [0.15, 0.2) is 5.96 Å². The van der Waals surface area contributed by atoms with Gasteiger partial charge < -0.3 is 20.3 Å². The van der Waals surface area contributed by atoms with Crippen LogP contribution in [0.1, 0.15) is 22.8 Å². The Balaban J connectivity index is 0.00000529. The SMILES string of the molecule is CN=C(NCCc1cccc(C(=O)N(C)C)c1)NC(C)COC.I. The lowest BCUT2D eigenvalue weighted by atomic mass is 10.1. The van der Waals surface area contributed by atoms with Gasteiger partial charge in [-0.05, 0) is 31.0 Å². The second-order valence-electron chi connectivity index (χ2n) is 5.65. The van der Waals surface area contributed by atoms with E-state index < -0.39 is 0 Å². The number of nitrogens with zero attached hydrogens (tertiary/aromatic N) is 2. The molecule has 1 amide bonds. The fourth-order valence-corrected chi connectivity index (χ4v) is 2.16. The van der Waals surface area contributed by atoms with E-state index in [4.69, 9.17) is 4.74 Å². The molecule has 0 saturated carbocycles. The van der Waals surface area contributed by atoms with Crippen LogP contribution in [-0.2, 0) is 11.2 Å². The number of halogens is 1. The van der Waals surface area contributed by atoms with Gasteiger partial charge in [0.1, 0.15) is 0 Å². The number of amides is 1. The Morgan fingerprint density at radius 1 is 1.38 bits per heavy atom. The van der Waals surface area contributed by atoms with Crippen molar-refractivity contribution in [1.82, 2.24) is 15.5 Å². The molecule has 136 valence electrons. The highest BCUT2D eigenvalue weighted by molar-refractivity contribution is 14.0. The number of benzene rings is 1. The summed E-state index contributed by atoms with van der Waals surface area (Å²) in [7, 11) is 6.93. The molecule has 1 aromatic rings. The zero-order valence-electron chi connectivity index (χ0n) is 15.1. The van der Waals surface area contributed by atoms with Gasteiger partial charge in [-0.1, -0.05) is 12.1 Å². The summed E-state index contributed by atoms with van der Waals surface area (Å²) in [4.78, 5) is 17.7. The number of guanidine groups is 1. The number of nitrogens with one attached hydrogen (secondary N) is 2. The van der Waals surface area contributed by atoms with Crippen molar-refractivity contribution in [3.8, 4) is 0 Å². The third-order valence-electron chi connectivity index (χ3n) is 3.31. The topological polar surface area (TPSA) is 66.0 Å². The summed E-state index contributed by atoms with van der Waals surface area (Å²) in [5, 5.41) is 6.52. The molecule has 0 bridgehead atoms. The molecule has 1 rings (SSSR count). The van der Waals surface area contributed by atoms with Crippen molar-refractivity contribution in [3.63, 3.8) is 0 Å². The number of ether oxygens (including phenoxy) is 1. The van der Waals surface area contributed by atoms with Gasteiger partial charge in [-0.2, -0.15) is 0 Å². The molecule has 1 aromatic carbocycles. The van der Waals surface area contributed by atoms with Crippen LogP contribution in [0.15, 0.2) is 29.3 Å². The summed E-state index contributed by atoms with van der Waals surface area (Å²) in [6.45, 7) is 3.39. The Morgan fingerprint density at radius 3 is 2.67 bits per heavy atom. The van der Waals surface area contributed by atoms with Crippen molar-refractivity contribution in [1.29, 1.82) is 0 Å². The van der Waals surface area contributed by atoms with Crippen molar-refractivity contribution in [2.75, 3.05) is 41.4 Å². The van der Waals surface area contributed by atoms with E-state index in [2.05, 4.69) is 15.6 Å². The van der Waals surface area contributed by atoms with Crippen molar-refractivity contribution >= 4 is 35.8 Å². The molecule has 24 heavy (non-hydrogen) atoms. The van der Waals surface area contributed by atoms with Gasteiger partial charge in [0, 0.05) is 46.4 Å². The predicted octanol–water partition coefficient (Wildman–Crippen LogP) is 1.75. The van der Waals surface area contributed by atoms with Crippen LogP contribution in [0.25, 0.3) is 0 Å². The second-order valence-corrected chi connectivity index (χ2v) is 5.65. The van der Waals surface area contributed by atoms with Gasteiger partial charge in [-0.15, -0.1) is 24.0 Å². The fourth-order valence-electron chi connectivity index (χ4n) is 2.16. The molecule has 7 heteroatoms. The molecule has 6 nitrogen and oxygen atoms in total. The maximum Gasteiger partial charge on any atom is 0.253 e. The van der Waals surface area contributed by atoms with Gasteiger partial charge in [0.05, 0.1) is 6.61 Å². The molecule has 0 spiro atoms. The fraction of sp³-hybridized carbons (Fsp3) is 0.529. The average molecular weight is 448 g/mol. The van der Waals surface area contributed by atoms with Crippen LogP contribution in [0.3, 0.4) is 0 Å². The Hall–Kier alpha value is -1.35. The van der Waals surface area contributed by atoms with Crippen LogP contribution in [0.4, 0.5) is 0 Å². The molecule has 0 heterocycles. The highest BCUT2D eigenvalue weighted by atomic mass is 127. The third kappa shape index (κ3) is 7.96. The summed E-state index contributed by atoms with van der Waals surface area (Å²) >= 11 is 0. The lowest BCUT2D eigenvalue weighted by molar-refractivity contribution is 0.0827. The Kier molecular flexibility index (Phi) is 11.4. The van der Waals surface area contributed by atoms with Gasteiger partial charge in [0.25, 0.3) is 5.91 Å². The maximum absolute atomic E-state index is 12.0. The monoisotopic (exact) mass is 448 g/mol. The molecule has 1 unspecified atom stereocenters. The van der Waals surface area contributed by atoms with E-state index in [1.54, 1.807) is 33.2 Å². The van der Waals surface area contributed by atoms with E-state index in [1.807, 2.05) is 31.2 Å². The highest BCUT2D eigenvalue weighted by Gasteiger charge is 2.08. The van der Waals surface area contributed by atoms with E-state index in [1.165, 1.54) is 0 Å². The third-order valence-corrected chi connectivity index (χ3v) is 3.31. The Labute approximate surface area is 162 Å². The minimum Gasteiger partial charge on any atom is -0.383 e. The van der Waals surface area contributed by atoms with Crippen LogP contribution < -0.4 is 10.6 Å². The summed E-state index contributed by atoms with van der Waals surface area (Å²) in [6.07, 6.45) is 0.813. The van der Waals surface area contributed by atoms with E-state index in [0.29, 0.717) is 12.2 Å². The van der Waals surface area contributed by atoms with Gasteiger partial charge in [0.2, 0.25) is 0 Å². The number of carbonyl (C=O) groups excluding carboxylic acids is 1. The molecule has 0 aromatic heterocycles. The number of carbonyl (C=O) groups is 1. The zero-order valence-corrected chi connectivity index (χ0v) is 17.5. The number of methoxy groups -OCH3 is 1. The first-order valence-corrected chi connectivity index (χ1v) is 7.74. The normalized spacial score (nSPS) is 12.1. The van der Waals surface area contributed by atoms with E-state index >= 15 is 0 Å². The van der Waals surface area contributed by atoms with Crippen molar-refractivity contribution in [2.24, 2.45) is 4.99 Å². The van der Waals surface area contributed by atoms with Crippen LogP contribution >= 0.6 is 24.0 Å². The zero-order chi connectivity index (χ0) is 17.2. The Morgan fingerprint density at radius 2 is 2.08 bits per heavy atom. The molecule has 1 atom stereocenters. The summed E-state index contributed by atoms with van der Waals surface area (Å²) in [5.74, 6) is 0.765. The van der Waals surface area contributed by atoms with E-state index in [9.17, 15) is 4.79 Å². The van der Waals surface area contributed by atoms with Crippen molar-refractivity contribution in [3.05, 3.63) is 35.4 Å². The van der Waals surface area contributed by atoms with Crippen molar-refractivity contribution < 1.29 is 9.53 Å². The number of aliphatic imine (C=N–C) groups is 1. The minimum atomic E-state index is 0. The molecular formula is C17H29IN4O2. The van der Waals surface area contributed by atoms with E-state index in [0.717, 1.165) is 24.5 Å². The summed E-state index contributed by atoms with van der Waals surface area (Å²) in [5.41, 5.74) is 1.83. The van der Waals surface area contributed by atoms with Crippen LogP contribution in [-0.4, -0.2) is 64.2 Å². The van der Waals surface area contributed by atoms with Gasteiger partial charge in [-0.25, -0.2) is 0 Å². The molecule has 0 saturated heterocycles. The van der Waals surface area contributed by atoms with Gasteiger partial charge in [-0.3, -0.25) is 9.79 Å². The number of rotatable bonds is 7.